The van der Waals surface area contributed by atoms with Crippen molar-refractivity contribution < 1.29 is 13.9 Å². The third-order valence-corrected chi connectivity index (χ3v) is 3.58. The van der Waals surface area contributed by atoms with E-state index in [-0.39, 0.29) is 17.5 Å². The summed E-state index contributed by atoms with van der Waals surface area (Å²) in [4.78, 5) is 14.1. The van der Waals surface area contributed by atoms with Crippen LogP contribution in [0.2, 0.25) is 0 Å². The van der Waals surface area contributed by atoms with Crippen molar-refractivity contribution in [2.24, 2.45) is 0 Å². The van der Waals surface area contributed by atoms with Gasteiger partial charge in [0, 0.05) is 7.05 Å². The molecular formula is C17H18FNO2. The lowest BCUT2D eigenvalue weighted by Crippen LogP contribution is -2.30. The van der Waals surface area contributed by atoms with Gasteiger partial charge in [-0.1, -0.05) is 30.3 Å². The summed E-state index contributed by atoms with van der Waals surface area (Å²) in [6, 6.07) is 13.5. The fourth-order valence-corrected chi connectivity index (χ4v) is 2.17. The number of hydrogen-bond acceptors (Lipinski definition) is 2. The van der Waals surface area contributed by atoms with E-state index in [2.05, 4.69) is 0 Å². The Morgan fingerprint density at radius 1 is 1.19 bits per heavy atom. The van der Waals surface area contributed by atoms with Gasteiger partial charge in [0.2, 0.25) is 0 Å². The second-order valence-electron chi connectivity index (χ2n) is 4.85. The first kappa shape index (κ1) is 15.0. The monoisotopic (exact) mass is 287 g/mol. The Morgan fingerprint density at radius 3 is 2.48 bits per heavy atom. The minimum atomic E-state index is -0.458. The molecule has 0 aliphatic heterocycles. The van der Waals surface area contributed by atoms with Gasteiger partial charge in [0.1, 0.15) is 11.6 Å². The predicted octanol–water partition coefficient (Wildman–Crippen LogP) is 3.67. The van der Waals surface area contributed by atoms with Crippen LogP contribution in [-0.4, -0.2) is 25.0 Å². The molecule has 3 nitrogen and oxygen atoms in total. The Morgan fingerprint density at radius 2 is 1.86 bits per heavy atom. The molecule has 0 N–H and O–H groups in total. The number of amides is 1. The van der Waals surface area contributed by atoms with Gasteiger partial charge in [-0.15, -0.1) is 0 Å². The highest BCUT2D eigenvalue weighted by molar-refractivity contribution is 5.97. The predicted molar refractivity (Wildman–Crippen MR) is 79.9 cm³/mol. The summed E-state index contributed by atoms with van der Waals surface area (Å²) in [6.45, 7) is 1.93. The average Bonchev–Trinajstić information content (AvgIpc) is 2.53. The van der Waals surface area contributed by atoms with Crippen molar-refractivity contribution in [3.05, 3.63) is 65.5 Å². The summed E-state index contributed by atoms with van der Waals surface area (Å²) in [5.41, 5.74) is 1.24. The molecule has 1 amide bonds. The maximum Gasteiger partial charge on any atom is 0.257 e. The van der Waals surface area contributed by atoms with Crippen LogP contribution >= 0.6 is 0 Å². The van der Waals surface area contributed by atoms with E-state index in [0.717, 1.165) is 5.56 Å². The molecule has 0 aliphatic carbocycles. The molecule has 0 unspecified atom stereocenters. The lowest BCUT2D eigenvalue weighted by atomic mass is 10.1. The number of carbonyl (C=O) groups excluding carboxylic acids is 1. The molecule has 0 radical (unpaired) electrons. The Balaban J connectivity index is 2.29. The van der Waals surface area contributed by atoms with Crippen molar-refractivity contribution in [3.63, 3.8) is 0 Å². The van der Waals surface area contributed by atoms with Gasteiger partial charge < -0.3 is 9.64 Å². The van der Waals surface area contributed by atoms with Crippen LogP contribution in [0.5, 0.6) is 5.75 Å². The van der Waals surface area contributed by atoms with Gasteiger partial charge in [0.05, 0.1) is 18.7 Å². The van der Waals surface area contributed by atoms with E-state index in [0.29, 0.717) is 5.75 Å². The van der Waals surface area contributed by atoms with Crippen molar-refractivity contribution in [3.8, 4) is 5.75 Å². The SMILES string of the molecule is COc1ccc(F)cc1C(=O)N(C)[C@@H](C)c1ccccc1. The quantitative estimate of drug-likeness (QED) is 0.858. The molecule has 2 aromatic rings. The van der Waals surface area contributed by atoms with Crippen molar-refractivity contribution in [2.75, 3.05) is 14.2 Å². The fraction of sp³-hybridized carbons (Fsp3) is 0.235. The summed E-state index contributed by atoms with van der Waals surface area (Å²) in [5, 5.41) is 0. The summed E-state index contributed by atoms with van der Waals surface area (Å²) >= 11 is 0. The highest BCUT2D eigenvalue weighted by atomic mass is 19.1. The Bertz CT molecular complexity index is 628. The zero-order valence-corrected chi connectivity index (χ0v) is 12.3. The zero-order valence-electron chi connectivity index (χ0n) is 12.3. The number of carbonyl (C=O) groups is 1. The number of nitrogens with zero attached hydrogens (tertiary/aromatic N) is 1. The maximum atomic E-state index is 13.4. The lowest BCUT2D eigenvalue weighted by Gasteiger charge is -2.26. The third-order valence-electron chi connectivity index (χ3n) is 3.58. The number of benzene rings is 2. The first-order chi connectivity index (χ1) is 10.0. The van der Waals surface area contributed by atoms with Crippen LogP contribution in [0.15, 0.2) is 48.5 Å². The molecule has 0 saturated carbocycles. The van der Waals surface area contributed by atoms with Gasteiger partial charge in [0.25, 0.3) is 5.91 Å². The second-order valence-corrected chi connectivity index (χ2v) is 4.85. The standard InChI is InChI=1S/C17H18FNO2/c1-12(13-7-5-4-6-8-13)19(2)17(20)15-11-14(18)9-10-16(15)21-3/h4-12H,1-3H3/t12-/m0/s1. The van der Waals surface area contributed by atoms with Gasteiger partial charge >= 0.3 is 0 Å². The molecule has 0 bridgehead atoms. The van der Waals surface area contributed by atoms with Crippen molar-refractivity contribution in [1.82, 2.24) is 4.90 Å². The molecule has 1 atom stereocenters. The molecule has 0 fully saturated rings. The number of methoxy groups -OCH3 is 1. The summed E-state index contributed by atoms with van der Waals surface area (Å²) in [5.74, 6) is -0.365. The van der Waals surface area contributed by atoms with E-state index in [1.807, 2.05) is 37.3 Å². The number of rotatable bonds is 4. The largest absolute Gasteiger partial charge is 0.496 e. The smallest absolute Gasteiger partial charge is 0.257 e. The van der Waals surface area contributed by atoms with Crippen molar-refractivity contribution >= 4 is 5.91 Å². The molecule has 2 aromatic carbocycles. The second kappa shape index (κ2) is 6.39. The minimum absolute atomic E-state index is 0.119. The fourth-order valence-electron chi connectivity index (χ4n) is 2.17. The van der Waals surface area contributed by atoms with Crippen LogP contribution < -0.4 is 4.74 Å². The first-order valence-corrected chi connectivity index (χ1v) is 6.70. The van der Waals surface area contributed by atoms with Crippen LogP contribution in [0.1, 0.15) is 28.9 Å². The molecule has 0 saturated heterocycles. The molecule has 0 aliphatic rings. The Labute approximate surface area is 124 Å². The van der Waals surface area contributed by atoms with E-state index in [9.17, 15) is 9.18 Å². The molecule has 4 heteroatoms. The van der Waals surface area contributed by atoms with Gasteiger partial charge in [-0.05, 0) is 30.7 Å². The van der Waals surface area contributed by atoms with Crippen LogP contribution in [0.4, 0.5) is 4.39 Å². The van der Waals surface area contributed by atoms with Crippen LogP contribution in [0.3, 0.4) is 0 Å². The lowest BCUT2D eigenvalue weighted by molar-refractivity contribution is 0.0738. The number of halogens is 1. The third kappa shape index (κ3) is 3.21. The van der Waals surface area contributed by atoms with E-state index < -0.39 is 5.82 Å². The normalized spacial score (nSPS) is 11.8. The molecule has 0 spiro atoms. The molecule has 110 valence electrons. The molecule has 21 heavy (non-hydrogen) atoms. The van der Waals surface area contributed by atoms with Crippen molar-refractivity contribution in [1.29, 1.82) is 0 Å². The molecule has 0 aromatic heterocycles. The Kier molecular flexibility index (Phi) is 4.58. The van der Waals surface area contributed by atoms with Gasteiger partial charge in [-0.2, -0.15) is 0 Å². The van der Waals surface area contributed by atoms with Crippen LogP contribution in [-0.2, 0) is 0 Å². The van der Waals surface area contributed by atoms with Crippen LogP contribution in [0, 0.1) is 5.82 Å². The van der Waals surface area contributed by atoms with E-state index >= 15 is 0 Å². The van der Waals surface area contributed by atoms with E-state index in [1.165, 1.54) is 25.3 Å². The highest BCUT2D eigenvalue weighted by Gasteiger charge is 2.22. The van der Waals surface area contributed by atoms with Crippen molar-refractivity contribution in [2.45, 2.75) is 13.0 Å². The molecule has 0 heterocycles. The van der Waals surface area contributed by atoms with E-state index in [1.54, 1.807) is 11.9 Å². The zero-order chi connectivity index (χ0) is 15.4. The topological polar surface area (TPSA) is 29.5 Å². The number of hydrogen-bond donors (Lipinski definition) is 0. The molecular weight excluding hydrogens is 269 g/mol. The Hall–Kier alpha value is -2.36. The van der Waals surface area contributed by atoms with Crippen LogP contribution in [0.25, 0.3) is 0 Å². The first-order valence-electron chi connectivity index (χ1n) is 6.70. The molecule has 2 rings (SSSR count). The summed E-state index contributed by atoms with van der Waals surface area (Å²) in [7, 11) is 3.16. The highest BCUT2D eigenvalue weighted by Crippen LogP contribution is 2.25. The summed E-state index contributed by atoms with van der Waals surface area (Å²) in [6.07, 6.45) is 0. The average molecular weight is 287 g/mol. The number of ether oxygens (including phenoxy) is 1. The van der Waals surface area contributed by atoms with Gasteiger partial charge in [0.15, 0.2) is 0 Å². The van der Waals surface area contributed by atoms with Gasteiger partial charge in [-0.25, -0.2) is 4.39 Å². The maximum absolute atomic E-state index is 13.4. The minimum Gasteiger partial charge on any atom is -0.496 e. The summed E-state index contributed by atoms with van der Waals surface area (Å²) < 4.78 is 18.5. The van der Waals surface area contributed by atoms with Gasteiger partial charge in [-0.3, -0.25) is 4.79 Å². The van der Waals surface area contributed by atoms with E-state index in [4.69, 9.17) is 4.74 Å².